The molecule has 0 saturated heterocycles. The van der Waals surface area contributed by atoms with E-state index in [1.54, 1.807) is 0 Å². The zero-order valence-corrected chi connectivity index (χ0v) is 10.9. The molecule has 3 heteroatoms. The Balaban J connectivity index is 1.91. The van der Waals surface area contributed by atoms with E-state index in [-0.39, 0.29) is 5.97 Å². The van der Waals surface area contributed by atoms with Gasteiger partial charge >= 0.3 is 5.97 Å². The van der Waals surface area contributed by atoms with Crippen molar-refractivity contribution in [3.05, 3.63) is 0 Å². The van der Waals surface area contributed by atoms with Crippen LogP contribution in [0, 0.1) is 5.92 Å². The Bertz CT molecular complexity index is 248. The van der Waals surface area contributed by atoms with E-state index in [0.717, 1.165) is 51.4 Å². The lowest BCUT2D eigenvalue weighted by Crippen LogP contribution is -2.06. The number of hydrogen-bond acceptors (Lipinski definition) is 3. The molecule has 1 rings (SSSR count). The summed E-state index contributed by atoms with van der Waals surface area (Å²) in [5, 5.41) is 0. The number of Topliss-reactive ketones (excluding diaryl/α,β-unsaturated/α-hetero) is 1. The quantitative estimate of drug-likeness (QED) is 0.483. The highest BCUT2D eigenvalue weighted by molar-refractivity contribution is 5.82. The Hall–Kier alpha value is -0.860. The van der Waals surface area contributed by atoms with E-state index in [1.807, 2.05) is 6.92 Å². The van der Waals surface area contributed by atoms with Crippen LogP contribution >= 0.6 is 0 Å². The second kappa shape index (κ2) is 8.26. The van der Waals surface area contributed by atoms with Gasteiger partial charge in [0.15, 0.2) is 0 Å². The first kappa shape index (κ1) is 14.2. The van der Waals surface area contributed by atoms with Crippen molar-refractivity contribution < 1.29 is 14.3 Å². The lowest BCUT2D eigenvalue weighted by molar-refractivity contribution is -0.143. The second-order valence-electron chi connectivity index (χ2n) is 4.81. The van der Waals surface area contributed by atoms with E-state index in [4.69, 9.17) is 4.74 Å². The van der Waals surface area contributed by atoms with Crippen LogP contribution < -0.4 is 0 Å². The summed E-state index contributed by atoms with van der Waals surface area (Å²) in [5.41, 5.74) is 0. The van der Waals surface area contributed by atoms with Gasteiger partial charge in [-0.15, -0.1) is 0 Å². The normalized spacial score (nSPS) is 19.6. The molecule has 17 heavy (non-hydrogen) atoms. The number of carbonyl (C=O) groups excluding carboxylic acids is 2. The largest absolute Gasteiger partial charge is 0.466 e. The fourth-order valence-corrected chi connectivity index (χ4v) is 2.44. The standard InChI is InChI=1S/C14H24O3/c1-2-17-14(16)11-6-4-3-5-8-12-9-7-10-13(12)15/h12H,2-11H2,1H3. The van der Waals surface area contributed by atoms with Gasteiger partial charge in [-0.2, -0.15) is 0 Å². The highest BCUT2D eigenvalue weighted by atomic mass is 16.5. The van der Waals surface area contributed by atoms with Gasteiger partial charge in [0.1, 0.15) is 5.78 Å². The molecule has 98 valence electrons. The fourth-order valence-electron chi connectivity index (χ4n) is 2.44. The van der Waals surface area contributed by atoms with Gasteiger partial charge < -0.3 is 4.74 Å². The van der Waals surface area contributed by atoms with E-state index < -0.39 is 0 Å². The molecule has 0 heterocycles. The molecular formula is C14H24O3. The van der Waals surface area contributed by atoms with Gasteiger partial charge in [-0.05, 0) is 32.6 Å². The molecule has 0 amide bonds. The summed E-state index contributed by atoms with van der Waals surface area (Å²) in [5.74, 6) is 0.732. The zero-order chi connectivity index (χ0) is 12.5. The van der Waals surface area contributed by atoms with Gasteiger partial charge in [-0.3, -0.25) is 9.59 Å². The summed E-state index contributed by atoms with van der Waals surface area (Å²) in [7, 11) is 0. The van der Waals surface area contributed by atoms with Crippen molar-refractivity contribution in [2.45, 2.75) is 64.7 Å². The van der Waals surface area contributed by atoms with Crippen LogP contribution in [0.1, 0.15) is 64.7 Å². The predicted molar refractivity (Wildman–Crippen MR) is 66.7 cm³/mol. The van der Waals surface area contributed by atoms with Crippen molar-refractivity contribution in [1.82, 2.24) is 0 Å². The molecule has 1 aliphatic carbocycles. The summed E-state index contributed by atoms with van der Waals surface area (Å²) in [6, 6.07) is 0. The van der Waals surface area contributed by atoms with Crippen LogP contribution in [0.5, 0.6) is 0 Å². The lowest BCUT2D eigenvalue weighted by Gasteiger charge is -2.07. The summed E-state index contributed by atoms with van der Waals surface area (Å²) in [6.07, 6.45) is 8.82. The molecule has 0 aliphatic heterocycles. The zero-order valence-electron chi connectivity index (χ0n) is 10.9. The summed E-state index contributed by atoms with van der Waals surface area (Å²) < 4.78 is 4.86. The molecule has 0 bridgehead atoms. The number of esters is 1. The molecule has 0 N–H and O–H groups in total. The van der Waals surface area contributed by atoms with Crippen molar-refractivity contribution in [2.75, 3.05) is 6.61 Å². The van der Waals surface area contributed by atoms with Crippen molar-refractivity contribution >= 4 is 11.8 Å². The number of unbranched alkanes of at least 4 members (excludes halogenated alkanes) is 3. The number of ketones is 1. The molecule has 3 nitrogen and oxygen atoms in total. The molecule has 1 aliphatic rings. The van der Waals surface area contributed by atoms with Crippen LogP contribution in [0.4, 0.5) is 0 Å². The Labute approximate surface area is 104 Å². The summed E-state index contributed by atoms with van der Waals surface area (Å²) >= 11 is 0. The predicted octanol–water partition coefficient (Wildman–Crippen LogP) is 3.26. The van der Waals surface area contributed by atoms with E-state index in [9.17, 15) is 9.59 Å². The molecule has 1 atom stereocenters. The van der Waals surface area contributed by atoms with Crippen LogP contribution in [-0.4, -0.2) is 18.4 Å². The van der Waals surface area contributed by atoms with Gasteiger partial charge in [-0.25, -0.2) is 0 Å². The van der Waals surface area contributed by atoms with Crippen LogP contribution in [0.3, 0.4) is 0 Å². The van der Waals surface area contributed by atoms with Gasteiger partial charge in [0.05, 0.1) is 6.61 Å². The molecule has 1 fully saturated rings. The fraction of sp³-hybridized carbons (Fsp3) is 0.857. The molecule has 0 aromatic rings. The molecule has 0 spiro atoms. The van der Waals surface area contributed by atoms with E-state index in [0.29, 0.717) is 24.7 Å². The van der Waals surface area contributed by atoms with Gasteiger partial charge in [-0.1, -0.05) is 19.3 Å². The minimum Gasteiger partial charge on any atom is -0.466 e. The summed E-state index contributed by atoms with van der Waals surface area (Å²) in [6.45, 7) is 2.30. The second-order valence-corrected chi connectivity index (χ2v) is 4.81. The van der Waals surface area contributed by atoms with Gasteiger partial charge in [0, 0.05) is 18.8 Å². The minimum atomic E-state index is -0.0847. The number of rotatable bonds is 8. The van der Waals surface area contributed by atoms with Crippen LogP contribution in [0.2, 0.25) is 0 Å². The van der Waals surface area contributed by atoms with Crippen molar-refractivity contribution in [1.29, 1.82) is 0 Å². The molecule has 1 saturated carbocycles. The maximum atomic E-state index is 11.4. The first-order valence-electron chi connectivity index (χ1n) is 6.92. The highest BCUT2D eigenvalue weighted by Gasteiger charge is 2.23. The average molecular weight is 240 g/mol. The molecule has 0 radical (unpaired) electrons. The first-order valence-corrected chi connectivity index (χ1v) is 6.92. The lowest BCUT2D eigenvalue weighted by atomic mass is 9.98. The van der Waals surface area contributed by atoms with Crippen molar-refractivity contribution in [3.63, 3.8) is 0 Å². The van der Waals surface area contributed by atoms with Crippen molar-refractivity contribution in [2.24, 2.45) is 5.92 Å². The molecule has 0 aromatic carbocycles. The van der Waals surface area contributed by atoms with E-state index in [2.05, 4.69) is 0 Å². The SMILES string of the molecule is CCOC(=O)CCCCCCC1CCCC1=O. The number of hydrogen-bond donors (Lipinski definition) is 0. The Morgan fingerprint density at radius 1 is 1.29 bits per heavy atom. The number of carbonyl (C=O) groups is 2. The monoisotopic (exact) mass is 240 g/mol. The Morgan fingerprint density at radius 2 is 2.06 bits per heavy atom. The van der Waals surface area contributed by atoms with Crippen LogP contribution in [-0.2, 0) is 14.3 Å². The maximum absolute atomic E-state index is 11.4. The van der Waals surface area contributed by atoms with Crippen molar-refractivity contribution in [3.8, 4) is 0 Å². The molecule has 0 aromatic heterocycles. The van der Waals surface area contributed by atoms with Crippen LogP contribution in [0.15, 0.2) is 0 Å². The third-order valence-electron chi connectivity index (χ3n) is 3.42. The first-order chi connectivity index (χ1) is 8.24. The summed E-state index contributed by atoms with van der Waals surface area (Å²) in [4.78, 5) is 22.5. The Morgan fingerprint density at radius 3 is 2.71 bits per heavy atom. The molecular weight excluding hydrogens is 216 g/mol. The average Bonchev–Trinajstić information content (AvgIpc) is 2.70. The smallest absolute Gasteiger partial charge is 0.305 e. The van der Waals surface area contributed by atoms with E-state index >= 15 is 0 Å². The highest BCUT2D eigenvalue weighted by Crippen LogP contribution is 2.26. The third-order valence-corrected chi connectivity index (χ3v) is 3.42. The van der Waals surface area contributed by atoms with E-state index in [1.165, 1.54) is 0 Å². The minimum absolute atomic E-state index is 0.0847. The topological polar surface area (TPSA) is 43.4 Å². The van der Waals surface area contributed by atoms with Crippen LogP contribution in [0.25, 0.3) is 0 Å². The molecule has 1 unspecified atom stereocenters. The Kier molecular flexibility index (Phi) is 6.90. The van der Waals surface area contributed by atoms with Gasteiger partial charge in [0.25, 0.3) is 0 Å². The van der Waals surface area contributed by atoms with Gasteiger partial charge in [0.2, 0.25) is 0 Å². The third kappa shape index (κ3) is 5.85. The number of ether oxygens (including phenoxy) is 1. The maximum Gasteiger partial charge on any atom is 0.305 e.